The first-order chi connectivity index (χ1) is 7.77. The largest absolute Gasteiger partial charge is 0.384 e. The van der Waals surface area contributed by atoms with Crippen molar-refractivity contribution >= 4 is 0 Å². The molecule has 1 heterocycles. The Hall–Kier alpha value is -1.15. The number of aromatic nitrogens is 1. The van der Waals surface area contributed by atoms with Crippen LogP contribution in [0.25, 0.3) is 0 Å². The van der Waals surface area contributed by atoms with E-state index >= 15 is 0 Å². The molecule has 0 fully saturated rings. The molecule has 1 aliphatic carbocycles. The predicted octanol–water partition coefficient (Wildman–Crippen LogP) is 3.31. The molecule has 0 saturated heterocycles. The van der Waals surface area contributed by atoms with Gasteiger partial charge in [0.15, 0.2) is 0 Å². The van der Waals surface area contributed by atoms with E-state index in [0.717, 1.165) is 24.0 Å². The minimum atomic E-state index is -0.453. The van der Waals surface area contributed by atoms with E-state index in [1.54, 1.807) is 6.20 Å². The van der Waals surface area contributed by atoms with Crippen molar-refractivity contribution in [1.82, 2.24) is 4.98 Å². The summed E-state index contributed by atoms with van der Waals surface area (Å²) in [6.07, 6.45) is 11.2. The van der Waals surface area contributed by atoms with E-state index in [1.165, 1.54) is 24.8 Å². The quantitative estimate of drug-likeness (QED) is 0.771. The third-order valence-electron chi connectivity index (χ3n) is 3.14. The molecule has 0 bridgehead atoms. The maximum absolute atomic E-state index is 10.3. The SMILES string of the molecule is Cc1cncc(C(O)C2=CCCCCC2)c1. The van der Waals surface area contributed by atoms with E-state index in [-0.39, 0.29) is 0 Å². The summed E-state index contributed by atoms with van der Waals surface area (Å²) >= 11 is 0. The van der Waals surface area contributed by atoms with E-state index in [1.807, 2.05) is 19.2 Å². The molecule has 0 radical (unpaired) electrons. The highest BCUT2D eigenvalue weighted by Gasteiger charge is 2.14. The predicted molar refractivity (Wildman–Crippen MR) is 65.1 cm³/mol. The van der Waals surface area contributed by atoms with Gasteiger partial charge in [0.2, 0.25) is 0 Å². The number of aryl methyl sites for hydroxylation is 1. The highest BCUT2D eigenvalue weighted by Crippen LogP contribution is 2.28. The summed E-state index contributed by atoms with van der Waals surface area (Å²) in [6.45, 7) is 2.00. The smallest absolute Gasteiger partial charge is 0.102 e. The summed E-state index contributed by atoms with van der Waals surface area (Å²) in [6, 6.07) is 2.02. The number of hydrogen-bond donors (Lipinski definition) is 1. The van der Waals surface area contributed by atoms with Crippen LogP contribution < -0.4 is 0 Å². The second-order valence-corrected chi connectivity index (χ2v) is 4.58. The average Bonchev–Trinajstić information content (AvgIpc) is 2.56. The van der Waals surface area contributed by atoms with Crippen molar-refractivity contribution in [2.24, 2.45) is 0 Å². The second kappa shape index (κ2) is 5.26. The monoisotopic (exact) mass is 217 g/mol. The number of aliphatic hydroxyl groups excluding tert-OH is 1. The third kappa shape index (κ3) is 2.70. The van der Waals surface area contributed by atoms with E-state index < -0.39 is 6.10 Å². The van der Waals surface area contributed by atoms with Gasteiger partial charge in [0.1, 0.15) is 6.10 Å². The van der Waals surface area contributed by atoms with Gasteiger partial charge < -0.3 is 5.11 Å². The van der Waals surface area contributed by atoms with Crippen molar-refractivity contribution in [3.63, 3.8) is 0 Å². The van der Waals surface area contributed by atoms with Crippen molar-refractivity contribution in [3.8, 4) is 0 Å². The first-order valence-corrected chi connectivity index (χ1v) is 6.06. The summed E-state index contributed by atoms with van der Waals surface area (Å²) in [5, 5.41) is 10.3. The Morgan fingerprint density at radius 2 is 2.12 bits per heavy atom. The van der Waals surface area contributed by atoms with Crippen molar-refractivity contribution in [2.75, 3.05) is 0 Å². The van der Waals surface area contributed by atoms with Crippen molar-refractivity contribution < 1.29 is 5.11 Å². The Morgan fingerprint density at radius 3 is 2.94 bits per heavy atom. The molecule has 2 rings (SSSR count). The Kier molecular flexibility index (Phi) is 3.73. The average molecular weight is 217 g/mol. The Labute approximate surface area is 97.0 Å². The third-order valence-corrected chi connectivity index (χ3v) is 3.14. The summed E-state index contributed by atoms with van der Waals surface area (Å²) < 4.78 is 0. The molecule has 1 aromatic heterocycles. The van der Waals surface area contributed by atoms with E-state index in [9.17, 15) is 5.11 Å². The molecule has 0 spiro atoms. The van der Waals surface area contributed by atoms with Gasteiger partial charge in [-0.05, 0) is 43.7 Å². The fraction of sp³-hybridized carbons (Fsp3) is 0.500. The first kappa shape index (κ1) is 11.3. The van der Waals surface area contributed by atoms with E-state index in [0.29, 0.717) is 0 Å². The molecule has 2 heteroatoms. The second-order valence-electron chi connectivity index (χ2n) is 4.58. The van der Waals surface area contributed by atoms with Crippen LogP contribution in [0.4, 0.5) is 0 Å². The van der Waals surface area contributed by atoms with Crippen LogP contribution in [-0.4, -0.2) is 10.1 Å². The molecule has 2 nitrogen and oxygen atoms in total. The lowest BCUT2D eigenvalue weighted by molar-refractivity contribution is 0.210. The molecule has 1 N–H and O–H groups in total. The van der Waals surface area contributed by atoms with E-state index in [2.05, 4.69) is 11.1 Å². The zero-order valence-electron chi connectivity index (χ0n) is 9.82. The van der Waals surface area contributed by atoms with Crippen molar-refractivity contribution in [1.29, 1.82) is 0 Å². The van der Waals surface area contributed by atoms with E-state index in [4.69, 9.17) is 0 Å². The molecule has 1 aromatic rings. The first-order valence-electron chi connectivity index (χ1n) is 6.06. The lowest BCUT2D eigenvalue weighted by Gasteiger charge is -2.14. The lowest BCUT2D eigenvalue weighted by atomic mass is 9.98. The molecular formula is C14H19NO. The molecule has 0 aliphatic heterocycles. The van der Waals surface area contributed by atoms with Gasteiger partial charge in [-0.15, -0.1) is 0 Å². The maximum Gasteiger partial charge on any atom is 0.102 e. The Morgan fingerprint density at radius 1 is 1.25 bits per heavy atom. The Bertz CT molecular complexity index is 384. The Balaban J connectivity index is 2.17. The topological polar surface area (TPSA) is 33.1 Å². The van der Waals surface area contributed by atoms with Crippen LogP contribution in [0, 0.1) is 6.92 Å². The normalized spacial score (nSPS) is 18.8. The van der Waals surface area contributed by atoms with Crippen LogP contribution >= 0.6 is 0 Å². The minimum Gasteiger partial charge on any atom is -0.384 e. The standard InChI is InChI=1S/C14H19NO/c1-11-8-13(10-15-9-11)14(16)12-6-4-2-3-5-7-12/h6,8-10,14,16H,2-5,7H2,1H3. The van der Waals surface area contributed by atoms with Gasteiger partial charge in [-0.1, -0.05) is 18.6 Å². The molecule has 86 valence electrons. The molecule has 1 unspecified atom stereocenters. The number of allylic oxidation sites excluding steroid dienone is 1. The summed E-state index contributed by atoms with van der Waals surface area (Å²) in [5.74, 6) is 0. The number of pyridine rings is 1. The fourth-order valence-corrected chi connectivity index (χ4v) is 2.23. The molecule has 1 aliphatic rings. The van der Waals surface area contributed by atoms with Crippen LogP contribution in [0.3, 0.4) is 0 Å². The van der Waals surface area contributed by atoms with Gasteiger partial charge in [0.25, 0.3) is 0 Å². The van der Waals surface area contributed by atoms with Gasteiger partial charge in [-0.25, -0.2) is 0 Å². The number of aliphatic hydroxyl groups is 1. The molecular weight excluding hydrogens is 198 g/mol. The van der Waals surface area contributed by atoms with Crippen molar-refractivity contribution in [3.05, 3.63) is 41.2 Å². The lowest BCUT2D eigenvalue weighted by Crippen LogP contribution is -2.02. The number of nitrogens with zero attached hydrogens (tertiary/aromatic N) is 1. The van der Waals surface area contributed by atoms with Crippen molar-refractivity contribution in [2.45, 2.75) is 45.1 Å². The molecule has 0 amide bonds. The van der Waals surface area contributed by atoms with Gasteiger partial charge in [-0.3, -0.25) is 4.98 Å². The van der Waals surface area contributed by atoms with Crippen LogP contribution in [0.2, 0.25) is 0 Å². The van der Waals surface area contributed by atoms with Gasteiger partial charge in [-0.2, -0.15) is 0 Å². The summed E-state index contributed by atoms with van der Waals surface area (Å²) in [7, 11) is 0. The number of rotatable bonds is 2. The van der Waals surface area contributed by atoms with Crippen LogP contribution in [0.5, 0.6) is 0 Å². The van der Waals surface area contributed by atoms with Gasteiger partial charge in [0.05, 0.1) is 0 Å². The molecule has 0 aromatic carbocycles. The fourth-order valence-electron chi connectivity index (χ4n) is 2.23. The minimum absolute atomic E-state index is 0.453. The highest BCUT2D eigenvalue weighted by molar-refractivity contribution is 5.26. The highest BCUT2D eigenvalue weighted by atomic mass is 16.3. The van der Waals surface area contributed by atoms with Crippen LogP contribution in [0.1, 0.15) is 49.3 Å². The summed E-state index contributed by atoms with van der Waals surface area (Å²) in [5.41, 5.74) is 3.20. The number of hydrogen-bond acceptors (Lipinski definition) is 2. The molecule has 0 saturated carbocycles. The summed E-state index contributed by atoms with van der Waals surface area (Å²) in [4.78, 5) is 4.14. The molecule has 1 atom stereocenters. The maximum atomic E-state index is 10.3. The van der Waals surface area contributed by atoms with Gasteiger partial charge in [0, 0.05) is 18.0 Å². The van der Waals surface area contributed by atoms with Crippen LogP contribution in [-0.2, 0) is 0 Å². The van der Waals surface area contributed by atoms with Crippen LogP contribution in [0.15, 0.2) is 30.1 Å². The zero-order chi connectivity index (χ0) is 11.4. The molecule has 16 heavy (non-hydrogen) atoms. The zero-order valence-corrected chi connectivity index (χ0v) is 9.82. The van der Waals surface area contributed by atoms with Gasteiger partial charge >= 0.3 is 0 Å².